The molecular weight excluding hydrogens is 220 g/mol. The van der Waals surface area contributed by atoms with Crippen molar-refractivity contribution in [1.82, 2.24) is 0 Å². The minimum atomic E-state index is -0.412. The average molecular weight is 238 g/mol. The lowest BCUT2D eigenvalue weighted by Crippen LogP contribution is -2.11. The molecule has 1 aromatic carbocycles. The van der Waals surface area contributed by atoms with Crippen LogP contribution in [-0.2, 0) is 4.74 Å². The van der Waals surface area contributed by atoms with Gasteiger partial charge in [-0.25, -0.2) is 4.79 Å². The van der Waals surface area contributed by atoms with E-state index in [1.54, 1.807) is 13.2 Å². The number of aryl methyl sites for hydroxylation is 1. The molecule has 1 aromatic rings. The highest BCUT2D eigenvalue weighted by Crippen LogP contribution is 2.28. The molecule has 4 nitrogen and oxygen atoms in total. The Bertz CT molecular complexity index is 424. The van der Waals surface area contributed by atoms with Gasteiger partial charge in [0.1, 0.15) is 12.4 Å². The van der Waals surface area contributed by atoms with E-state index in [2.05, 4.69) is 0 Å². The summed E-state index contributed by atoms with van der Waals surface area (Å²) in [4.78, 5) is 11.8. The molecule has 0 unspecified atom stereocenters. The minimum Gasteiger partial charge on any atom is -0.496 e. The first-order valence-electron chi connectivity index (χ1n) is 5.45. The average Bonchev–Trinajstić information content (AvgIpc) is 2.31. The van der Waals surface area contributed by atoms with Gasteiger partial charge in [-0.15, -0.1) is 0 Å². The maximum atomic E-state index is 11.8. The number of hydrogen-bond donors (Lipinski definition) is 1. The number of carbonyl (C=O) groups is 1. The van der Waals surface area contributed by atoms with Crippen LogP contribution in [0.25, 0.3) is 0 Å². The third-order valence-corrected chi connectivity index (χ3v) is 2.77. The van der Waals surface area contributed by atoms with Crippen LogP contribution in [-0.4, -0.2) is 31.4 Å². The van der Waals surface area contributed by atoms with Gasteiger partial charge >= 0.3 is 5.97 Å². The monoisotopic (exact) mass is 238 g/mol. The van der Waals surface area contributed by atoms with Gasteiger partial charge in [-0.05, 0) is 43.5 Å². The molecular formula is C13H18O4. The summed E-state index contributed by atoms with van der Waals surface area (Å²) in [5, 5.41) is 8.63. The molecule has 0 bridgehead atoms. The maximum absolute atomic E-state index is 11.8. The second-order valence-corrected chi connectivity index (χ2v) is 3.88. The van der Waals surface area contributed by atoms with Crippen molar-refractivity contribution >= 4 is 5.97 Å². The van der Waals surface area contributed by atoms with Crippen LogP contribution in [0.3, 0.4) is 0 Å². The van der Waals surface area contributed by atoms with Crippen LogP contribution >= 0.6 is 0 Å². The van der Waals surface area contributed by atoms with Crippen molar-refractivity contribution < 1.29 is 19.4 Å². The lowest BCUT2D eigenvalue weighted by Gasteiger charge is -2.14. The van der Waals surface area contributed by atoms with Crippen molar-refractivity contribution in [3.05, 3.63) is 28.3 Å². The number of ether oxygens (including phenoxy) is 2. The first kappa shape index (κ1) is 13.5. The van der Waals surface area contributed by atoms with E-state index in [-0.39, 0.29) is 13.2 Å². The first-order valence-corrected chi connectivity index (χ1v) is 5.45. The van der Waals surface area contributed by atoms with Gasteiger partial charge in [0.15, 0.2) is 0 Å². The fraction of sp³-hybridized carbons (Fsp3) is 0.462. The zero-order valence-electron chi connectivity index (χ0n) is 10.7. The molecule has 0 radical (unpaired) electrons. The van der Waals surface area contributed by atoms with E-state index in [1.165, 1.54) is 0 Å². The maximum Gasteiger partial charge on any atom is 0.338 e. The smallest absolute Gasteiger partial charge is 0.338 e. The van der Waals surface area contributed by atoms with Gasteiger partial charge in [-0.2, -0.15) is 0 Å². The van der Waals surface area contributed by atoms with E-state index >= 15 is 0 Å². The SMILES string of the molecule is COc1c(C)cc(C(=O)OCCO)c(C)c1C. The number of carbonyl (C=O) groups excluding carboxylic acids is 1. The fourth-order valence-corrected chi connectivity index (χ4v) is 1.80. The van der Waals surface area contributed by atoms with Crippen LogP contribution in [0.4, 0.5) is 0 Å². The van der Waals surface area contributed by atoms with Gasteiger partial charge in [0.05, 0.1) is 19.3 Å². The highest BCUT2D eigenvalue weighted by molar-refractivity contribution is 5.92. The standard InChI is InChI=1S/C13H18O4/c1-8-7-11(13(15)17-6-5-14)9(2)10(3)12(8)16-4/h7,14H,5-6H2,1-4H3. The van der Waals surface area contributed by atoms with E-state index in [0.29, 0.717) is 5.56 Å². The van der Waals surface area contributed by atoms with Gasteiger partial charge in [-0.1, -0.05) is 0 Å². The lowest BCUT2D eigenvalue weighted by atomic mass is 9.99. The summed E-state index contributed by atoms with van der Waals surface area (Å²) in [6.45, 7) is 5.49. The third kappa shape index (κ3) is 2.77. The molecule has 0 aliphatic carbocycles. The molecule has 0 saturated heterocycles. The van der Waals surface area contributed by atoms with Gasteiger partial charge in [-0.3, -0.25) is 0 Å². The zero-order valence-corrected chi connectivity index (χ0v) is 10.7. The number of hydrogen-bond acceptors (Lipinski definition) is 4. The lowest BCUT2D eigenvalue weighted by molar-refractivity contribution is 0.0432. The number of methoxy groups -OCH3 is 1. The highest BCUT2D eigenvalue weighted by atomic mass is 16.5. The van der Waals surface area contributed by atoms with Crippen molar-refractivity contribution in [3.8, 4) is 5.75 Å². The molecule has 94 valence electrons. The van der Waals surface area contributed by atoms with Crippen molar-refractivity contribution in [2.24, 2.45) is 0 Å². The summed E-state index contributed by atoms with van der Waals surface area (Å²) in [6, 6.07) is 1.75. The minimum absolute atomic E-state index is 0.0163. The van der Waals surface area contributed by atoms with E-state index in [0.717, 1.165) is 22.4 Å². The Balaban J connectivity index is 3.14. The van der Waals surface area contributed by atoms with E-state index < -0.39 is 5.97 Å². The second kappa shape index (κ2) is 5.68. The molecule has 17 heavy (non-hydrogen) atoms. The number of benzene rings is 1. The normalized spacial score (nSPS) is 10.2. The van der Waals surface area contributed by atoms with Crippen molar-refractivity contribution in [3.63, 3.8) is 0 Å². The van der Waals surface area contributed by atoms with Crippen LogP contribution in [0, 0.1) is 20.8 Å². The molecule has 0 fully saturated rings. The Kier molecular flexibility index (Phi) is 4.52. The number of aliphatic hydroxyl groups is 1. The molecule has 0 heterocycles. The van der Waals surface area contributed by atoms with Crippen LogP contribution in [0.5, 0.6) is 5.75 Å². The summed E-state index contributed by atoms with van der Waals surface area (Å²) in [5.74, 6) is 0.381. The molecule has 0 aliphatic heterocycles. The molecule has 1 rings (SSSR count). The molecule has 0 saturated carbocycles. The van der Waals surface area contributed by atoms with Crippen LogP contribution < -0.4 is 4.74 Å². The summed E-state index contributed by atoms with van der Waals surface area (Å²) >= 11 is 0. The first-order chi connectivity index (χ1) is 8.02. The van der Waals surface area contributed by atoms with Crippen molar-refractivity contribution in [2.45, 2.75) is 20.8 Å². The molecule has 0 aromatic heterocycles. The molecule has 1 N–H and O–H groups in total. The number of aliphatic hydroxyl groups excluding tert-OH is 1. The molecule has 0 amide bonds. The summed E-state index contributed by atoms with van der Waals surface area (Å²) in [6.07, 6.45) is 0. The van der Waals surface area contributed by atoms with Crippen LogP contribution in [0.15, 0.2) is 6.07 Å². The number of rotatable bonds is 4. The Morgan fingerprint density at radius 2 is 1.94 bits per heavy atom. The van der Waals surface area contributed by atoms with Crippen molar-refractivity contribution in [1.29, 1.82) is 0 Å². The zero-order chi connectivity index (χ0) is 13.0. The van der Waals surface area contributed by atoms with E-state index in [4.69, 9.17) is 14.6 Å². The topological polar surface area (TPSA) is 55.8 Å². The largest absolute Gasteiger partial charge is 0.496 e. The van der Waals surface area contributed by atoms with Gasteiger partial charge in [0.25, 0.3) is 0 Å². The van der Waals surface area contributed by atoms with Crippen molar-refractivity contribution in [2.75, 3.05) is 20.3 Å². The molecule has 4 heteroatoms. The Hall–Kier alpha value is -1.55. The Morgan fingerprint density at radius 3 is 2.47 bits per heavy atom. The quantitative estimate of drug-likeness (QED) is 0.812. The predicted octanol–water partition coefficient (Wildman–Crippen LogP) is 1.77. The fourth-order valence-electron chi connectivity index (χ4n) is 1.80. The molecule has 0 atom stereocenters. The van der Waals surface area contributed by atoms with E-state index in [1.807, 2.05) is 20.8 Å². The Morgan fingerprint density at radius 1 is 1.29 bits per heavy atom. The summed E-state index contributed by atoms with van der Waals surface area (Å²) in [5.41, 5.74) is 3.19. The van der Waals surface area contributed by atoms with E-state index in [9.17, 15) is 4.79 Å². The summed E-state index contributed by atoms with van der Waals surface area (Å²) in [7, 11) is 1.61. The van der Waals surface area contributed by atoms with Gasteiger partial charge in [0, 0.05) is 0 Å². The molecule has 0 aliphatic rings. The summed E-state index contributed by atoms with van der Waals surface area (Å²) < 4.78 is 10.2. The Labute approximate surface area is 101 Å². The van der Waals surface area contributed by atoms with Crippen LogP contribution in [0.1, 0.15) is 27.0 Å². The van der Waals surface area contributed by atoms with Gasteiger partial charge < -0.3 is 14.6 Å². The predicted molar refractivity (Wildman–Crippen MR) is 64.6 cm³/mol. The van der Waals surface area contributed by atoms with Gasteiger partial charge in [0.2, 0.25) is 0 Å². The second-order valence-electron chi connectivity index (χ2n) is 3.88. The third-order valence-electron chi connectivity index (χ3n) is 2.77. The van der Waals surface area contributed by atoms with Crippen LogP contribution in [0.2, 0.25) is 0 Å². The number of esters is 1. The highest BCUT2D eigenvalue weighted by Gasteiger charge is 2.16. The molecule has 0 spiro atoms.